The number of hydrogen-bond acceptors (Lipinski definition) is 3. The normalized spacial score (nSPS) is 29.5. The molecule has 0 aromatic carbocycles. The SMILES string of the molecule is Cl.O=C(NCC1CCCCO1)[C@H]1CCNC1. The molecule has 0 radical (unpaired) electrons. The Hall–Kier alpha value is -0.320. The average Bonchev–Trinajstić information content (AvgIpc) is 2.81. The molecule has 94 valence electrons. The first kappa shape index (κ1) is 13.7. The van der Waals surface area contributed by atoms with E-state index in [1.54, 1.807) is 0 Å². The Morgan fingerprint density at radius 1 is 1.38 bits per heavy atom. The first-order valence-electron chi connectivity index (χ1n) is 5.96. The van der Waals surface area contributed by atoms with E-state index in [1.165, 1.54) is 6.42 Å². The van der Waals surface area contributed by atoms with Gasteiger partial charge in [-0.05, 0) is 32.2 Å². The van der Waals surface area contributed by atoms with Crippen LogP contribution in [0.4, 0.5) is 0 Å². The van der Waals surface area contributed by atoms with Gasteiger partial charge in [-0.1, -0.05) is 0 Å². The molecule has 0 aromatic heterocycles. The molecule has 0 aliphatic carbocycles. The zero-order valence-corrected chi connectivity index (χ0v) is 10.4. The molecule has 2 N–H and O–H groups in total. The molecule has 2 heterocycles. The van der Waals surface area contributed by atoms with E-state index < -0.39 is 0 Å². The van der Waals surface area contributed by atoms with E-state index in [4.69, 9.17) is 4.74 Å². The summed E-state index contributed by atoms with van der Waals surface area (Å²) in [4.78, 5) is 11.7. The van der Waals surface area contributed by atoms with Gasteiger partial charge in [-0.2, -0.15) is 0 Å². The molecule has 2 rings (SSSR count). The first-order valence-corrected chi connectivity index (χ1v) is 5.96. The second kappa shape index (κ2) is 7.09. The van der Waals surface area contributed by atoms with Crippen LogP contribution in [0.5, 0.6) is 0 Å². The van der Waals surface area contributed by atoms with Crippen molar-refractivity contribution < 1.29 is 9.53 Å². The van der Waals surface area contributed by atoms with Crippen LogP contribution in [0.2, 0.25) is 0 Å². The number of amides is 1. The van der Waals surface area contributed by atoms with Crippen LogP contribution in [0.3, 0.4) is 0 Å². The summed E-state index contributed by atoms with van der Waals surface area (Å²) in [6, 6.07) is 0. The molecular formula is C11H21ClN2O2. The van der Waals surface area contributed by atoms with Crippen LogP contribution in [0, 0.1) is 5.92 Å². The van der Waals surface area contributed by atoms with E-state index in [1.807, 2.05) is 0 Å². The quantitative estimate of drug-likeness (QED) is 0.773. The average molecular weight is 249 g/mol. The van der Waals surface area contributed by atoms with Gasteiger partial charge in [-0.25, -0.2) is 0 Å². The van der Waals surface area contributed by atoms with Gasteiger partial charge in [0.15, 0.2) is 0 Å². The van der Waals surface area contributed by atoms with E-state index in [9.17, 15) is 4.79 Å². The maximum absolute atomic E-state index is 11.7. The maximum atomic E-state index is 11.7. The van der Waals surface area contributed by atoms with Crippen molar-refractivity contribution in [3.05, 3.63) is 0 Å². The van der Waals surface area contributed by atoms with Crippen LogP contribution in [0.25, 0.3) is 0 Å². The number of carbonyl (C=O) groups excluding carboxylic acids is 1. The van der Waals surface area contributed by atoms with Crippen LogP contribution in [0.15, 0.2) is 0 Å². The Balaban J connectivity index is 0.00000128. The van der Waals surface area contributed by atoms with E-state index in [0.717, 1.165) is 39.0 Å². The van der Waals surface area contributed by atoms with Crippen molar-refractivity contribution in [3.8, 4) is 0 Å². The van der Waals surface area contributed by atoms with E-state index in [-0.39, 0.29) is 30.3 Å². The zero-order valence-electron chi connectivity index (χ0n) is 9.54. The summed E-state index contributed by atoms with van der Waals surface area (Å²) in [6.45, 7) is 3.34. The lowest BCUT2D eigenvalue weighted by molar-refractivity contribution is -0.125. The maximum Gasteiger partial charge on any atom is 0.224 e. The Morgan fingerprint density at radius 2 is 2.25 bits per heavy atom. The molecule has 5 heteroatoms. The van der Waals surface area contributed by atoms with Crippen LogP contribution in [0.1, 0.15) is 25.7 Å². The summed E-state index contributed by atoms with van der Waals surface area (Å²) in [5.74, 6) is 0.364. The van der Waals surface area contributed by atoms with Gasteiger partial charge in [-0.3, -0.25) is 4.79 Å². The van der Waals surface area contributed by atoms with Gasteiger partial charge in [-0.15, -0.1) is 12.4 Å². The van der Waals surface area contributed by atoms with Crippen LogP contribution in [-0.4, -0.2) is 38.3 Å². The molecular weight excluding hydrogens is 228 g/mol. The predicted octanol–water partition coefficient (Wildman–Crippen LogP) is 0.703. The minimum atomic E-state index is 0. The first-order chi connectivity index (χ1) is 7.36. The van der Waals surface area contributed by atoms with Crippen LogP contribution in [-0.2, 0) is 9.53 Å². The van der Waals surface area contributed by atoms with Gasteiger partial charge >= 0.3 is 0 Å². The monoisotopic (exact) mass is 248 g/mol. The van der Waals surface area contributed by atoms with Gasteiger partial charge in [0.05, 0.1) is 12.0 Å². The molecule has 4 nitrogen and oxygen atoms in total. The molecule has 1 unspecified atom stereocenters. The summed E-state index contributed by atoms with van der Waals surface area (Å²) >= 11 is 0. The smallest absolute Gasteiger partial charge is 0.224 e. The lowest BCUT2D eigenvalue weighted by Gasteiger charge is -2.23. The number of hydrogen-bond donors (Lipinski definition) is 2. The summed E-state index contributed by atoms with van der Waals surface area (Å²) in [5.41, 5.74) is 0. The fourth-order valence-electron chi connectivity index (χ4n) is 2.21. The lowest BCUT2D eigenvalue weighted by atomic mass is 10.1. The van der Waals surface area contributed by atoms with Crippen molar-refractivity contribution in [1.29, 1.82) is 0 Å². The van der Waals surface area contributed by atoms with Gasteiger partial charge in [0.25, 0.3) is 0 Å². The topological polar surface area (TPSA) is 50.4 Å². The van der Waals surface area contributed by atoms with Crippen molar-refractivity contribution in [2.45, 2.75) is 31.8 Å². The molecule has 2 atom stereocenters. The van der Waals surface area contributed by atoms with Gasteiger partial charge in [0, 0.05) is 19.7 Å². The highest BCUT2D eigenvalue weighted by atomic mass is 35.5. The molecule has 2 aliphatic heterocycles. The van der Waals surface area contributed by atoms with Gasteiger partial charge < -0.3 is 15.4 Å². The van der Waals surface area contributed by atoms with Crippen LogP contribution >= 0.6 is 12.4 Å². The third-order valence-corrected chi connectivity index (χ3v) is 3.21. The van der Waals surface area contributed by atoms with E-state index >= 15 is 0 Å². The lowest BCUT2D eigenvalue weighted by Crippen LogP contribution is -2.39. The molecule has 2 fully saturated rings. The highest BCUT2D eigenvalue weighted by molar-refractivity contribution is 5.85. The van der Waals surface area contributed by atoms with Crippen molar-refractivity contribution in [3.63, 3.8) is 0 Å². The predicted molar refractivity (Wildman–Crippen MR) is 64.8 cm³/mol. The summed E-state index contributed by atoms with van der Waals surface area (Å²) in [5, 5.41) is 6.19. The molecule has 0 saturated carbocycles. The third-order valence-electron chi connectivity index (χ3n) is 3.21. The Morgan fingerprint density at radius 3 is 2.88 bits per heavy atom. The Bertz CT molecular complexity index is 214. The molecule has 2 saturated heterocycles. The largest absolute Gasteiger partial charge is 0.376 e. The van der Waals surface area contributed by atoms with Gasteiger partial charge in [0.2, 0.25) is 5.91 Å². The summed E-state index contributed by atoms with van der Waals surface area (Å²) in [7, 11) is 0. The number of carbonyl (C=O) groups is 1. The molecule has 1 amide bonds. The van der Waals surface area contributed by atoms with Gasteiger partial charge in [0.1, 0.15) is 0 Å². The molecule has 0 bridgehead atoms. The second-order valence-electron chi connectivity index (χ2n) is 4.42. The fourth-order valence-corrected chi connectivity index (χ4v) is 2.21. The van der Waals surface area contributed by atoms with Crippen molar-refractivity contribution in [2.24, 2.45) is 5.92 Å². The molecule has 0 aromatic rings. The van der Waals surface area contributed by atoms with E-state index in [0.29, 0.717) is 6.54 Å². The third kappa shape index (κ3) is 3.92. The zero-order chi connectivity index (χ0) is 10.5. The van der Waals surface area contributed by atoms with Crippen molar-refractivity contribution >= 4 is 18.3 Å². The highest BCUT2D eigenvalue weighted by Gasteiger charge is 2.23. The minimum Gasteiger partial charge on any atom is -0.376 e. The standard InChI is InChI=1S/C11H20N2O2.ClH/c14-11(9-4-5-12-7-9)13-8-10-3-1-2-6-15-10;/h9-10,12H,1-8H2,(H,13,14);1H/t9-,10?;/m0./s1. The molecule has 0 spiro atoms. The van der Waals surface area contributed by atoms with Crippen LogP contribution < -0.4 is 10.6 Å². The number of nitrogens with one attached hydrogen (secondary N) is 2. The Kier molecular flexibility index (Phi) is 6.09. The number of halogens is 1. The van der Waals surface area contributed by atoms with E-state index in [2.05, 4.69) is 10.6 Å². The highest BCUT2D eigenvalue weighted by Crippen LogP contribution is 2.12. The minimum absolute atomic E-state index is 0. The second-order valence-corrected chi connectivity index (χ2v) is 4.42. The fraction of sp³-hybridized carbons (Fsp3) is 0.909. The van der Waals surface area contributed by atoms with Crippen molar-refractivity contribution in [1.82, 2.24) is 10.6 Å². The number of ether oxygens (including phenoxy) is 1. The Labute approximate surface area is 103 Å². The molecule has 16 heavy (non-hydrogen) atoms. The molecule has 2 aliphatic rings. The van der Waals surface area contributed by atoms with Crippen molar-refractivity contribution in [2.75, 3.05) is 26.2 Å². The summed E-state index contributed by atoms with van der Waals surface area (Å²) < 4.78 is 5.56. The number of rotatable bonds is 3. The summed E-state index contributed by atoms with van der Waals surface area (Å²) in [6.07, 6.45) is 4.69.